The minimum Gasteiger partial charge on any atom is -0.467 e. The number of nitrogens with zero attached hydrogens (tertiary/aromatic N) is 1. The van der Waals surface area contributed by atoms with E-state index in [1.165, 1.54) is 18.0 Å². The fraction of sp³-hybridized carbons (Fsp3) is 0.615. The van der Waals surface area contributed by atoms with Gasteiger partial charge in [0.15, 0.2) is 0 Å². The average molecular weight is 299 g/mol. The van der Waals surface area contributed by atoms with Crippen LogP contribution in [0, 0.1) is 0 Å². The van der Waals surface area contributed by atoms with Gasteiger partial charge in [0.1, 0.15) is 11.6 Å². The molecule has 1 heterocycles. The molecule has 0 unspecified atom stereocenters. The van der Waals surface area contributed by atoms with E-state index in [0.717, 1.165) is 0 Å². The molecule has 8 heteroatoms. The largest absolute Gasteiger partial charge is 0.467 e. The van der Waals surface area contributed by atoms with Crippen LogP contribution >= 0.6 is 0 Å². The third-order valence-corrected chi connectivity index (χ3v) is 2.61. The van der Waals surface area contributed by atoms with Crippen molar-refractivity contribution < 1.29 is 19.1 Å². The highest BCUT2D eigenvalue weighted by atomic mass is 16.6. The molecule has 0 aliphatic heterocycles. The quantitative estimate of drug-likeness (QED) is 0.780. The Kier molecular flexibility index (Phi) is 5.17. The molecule has 0 radical (unpaired) electrons. The van der Waals surface area contributed by atoms with E-state index in [1.807, 2.05) is 0 Å². The Balaban J connectivity index is 2.82. The van der Waals surface area contributed by atoms with Crippen LogP contribution < -0.4 is 10.9 Å². The Morgan fingerprint density at radius 2 is 2.05 bits per heavy atom. The minimum atomic E-state index is -0.992. The number of nitrogens with one attached hydrogen (secondary N) is 2. The fourth-order valence-electron chi connectivity index (χ4n) is 1.66. The van der Waals surface area contributed by atoms with E-state index in [4.69, 9.17) is 4.74 Å². The van der Waals surface area contributed by atoms with E-state index in [-0.39, 0.29) is 12.0 Å². The molecule has 1 aromatic heterocycles. The topological polar surface area (TPSA) is 102 Å². The molecule has 1 amide bonds. The number of methoxy groups -OCH3 is 1. The maximum atomic E-state index is 11.8. The second-order valence-electron chi connectivity index (χ2n) is 5.59. The van der Waals surface area contributed by atoms with Crippen LogP contribution in [0.4, 0.5) is 4.79 Å². The first-order valence-electron chi connectivity index (χ1n) is 6.44. The summed E-state index contributed by atoms with van der Waals surface area (Å²) in [6, 6.07) is -0.992. The highest BCUT2D eigenvalue weighted by Crippen LogP contribution is 2.08. The zero-order chi connectivity index (χ0) is 16.2. The van der Waals surface area contributed by atoms with Crippen LogP contribution in [0.3, 0.4) is 0 Å². The first-order chi connectivity index (χ1) is 9.64. The number of H-pyrrole nitrogens is 1. The number of carbonyl (C=O) groups excluding carboxylic acids is 2. The summed E-state index contributed by atoms with van der Waals surface area (Å²) in [5, 5.41) is 5.11. The molecule has 0 bridgehead atoms. The predicted molar refractivity (Wildman–Crippen MR) is 74.9 cm³/mol. The highest BCUT2D eigenvalue weighted by molar-refractivity contribution is 5.81. The second-order valence-corrected chi connectivity index (χ2v) is 5.59. The van der Waals surface area contributed by atoms with Gasteiger partial charge in [0, 0.05) is 25.2 Å². The fourth-order valence-corrected chi connectivity index (χ4v) is 1.66. The van der Waals surface area contributed by atoms with E-state index in [1.54, 1.807) is 27.8 Å². The molecular weight excluding hydrogens is 278 g/mol. The molecular formula is C13H21N3O5. The van der Waals surface area contributed by atoms with E-state index < -0.39 is 23.7 Å². The van der Waals surface area contributed by atoms with Crippen LogP contribution in [0.15, 0.2) is 11.0 Å². The van der Waals surface area contributed by atoms with Gasteiger partial charge in [-0.25, -0.2) is 9.59 Å². The summed E-state index contributed by atoms with van der Waals surface area (Å²) in [5.74, 6) is -0.649. The molecule has 0 aliphatic carbocycles. The van der Waals surface area contributed by atoms with Crippen molar-refractivity contribution in [2.24, 2.45) is 7.05 Å². The van der Waals surface area contributed by atoms with Gasteiger partial charge < -0.3 is 19.9 Å². The maximum Gasteiger partial charge on any atom is 0.408 e. The number of hydrogen-bond donors (Lipinski definition) is 2. The second kappa shape index (κ2) is 6.47. The Bertz CT molecular complexity index is 567. The van der Waals surface area contributed by atoms with Crippen molar-refractivity contribution in [3.05, 3.63) is 22.1 Å². The molecule has 0 saturated heterocycles. The third-order valence-electron chi connectivity index (χ3n) is 2.61. The van der Waals surface area contributed by atoms with E-state index in [0.29, 0.717) is 5.56 Å². The van der Waals surface area contributed by atoms with Crippen LogP contribution in [0.25, 0.3) is 0 Å². The molecule has 0 spiro atoms. The lowest BCUT2D eigenvalue weighted by molar-refractivity contribution is -0.143. The van der Waals surface area contributed by atoms with Crippen LogP contribution in [-0.4, -0.2) is 40.6 Å². The van der Waals surface area contributed by atoms with Crippen LogP contribution in [0.2, 0.25) is 0 Å². The van der Waals surface area contributed by atoms with Gasteiger partial charge >= 0.3 is 12.1 Å². The Morgan fingerprint density at radius 3 is 2.48 bits per heavy atom. The average Bonchev–Trinajstić information content (AvgIpc) is 2.66. The number of ether oxygens (including phenoxy) is 2. The number of hydrogen-bond acceptors (Lipinski definition) is 5. The molecule has 118 valence electrons. The van der Waals surface area contributed by atoms with Gasteiger partial charge in [-0.2, -0.15) is 0 Å². The summed E-state index contributed by atoms with van der Waals surface area (Å²) in [6.45, 7) is 5.13. The lowest BCUT2D eigenvalue weighted by atomic mass is 10.1. The first kappa shape index (κ1) is 16.8. The zero-order valence-electron chi connectivity index (χ0n) is 12.9. The molecule has 2 N–H and O–H groups in total. The number of aryl methyl sites for hydroxylation is 1. The number of carbonyl (C=O) groups is 2. The Hall–Kier alpha value is -2.25. The van der Waals surface area contributed by atoms with Gasteiger partial charge in [-0.3, -0.25) is 9.48 Å². The lowest BCUT2D eigenvalue weighted by Crippen LogP contribution is -2.45. The molecule has 0 fully saturated rings. The number of rotatable bonds is 4. The number of esters is 1. The standard InChI is InChI=1S/C13H21N3O5/c1-13(2,3)21-12(19)15-9(11(18)20-5)6-8-7-14-16(4)10(8)17/h7,9,14H,6H2,1-5H3,(H,15,19)/t9-/m1/s1. The molecule has 1 atom stereocenters. The van der Waals surface area contributed by atoms with Gasteiger partial charge in [-0.15, -0.1) is 0 Å². The summed E-state index contributed by atoms with van der Waals surface area (Å²) in [7, 11) is 2.77. The van der Waals surface area contributed by atoms with Gasteiger partial charge in [0.25, 0.3) is 5.56 Å². The van der Waals surface area contributed by atoms with Gasteiger partial charge in [0.05, 0.1) is 7.11 Å². The molecule has 1 rings (SSSR count). The molecule has 0 saturated carbocycles. The SMILES string of the molecule is COC(=O)[C@@H](Cc1c[nH]n(C)c1=O)NC(=O)OC(C)(C)C. The maximum absolute atomic E-state index is 11.8. The van der Waals surface area contributed by atoms with E-state index in [9.17, 15) is 14.4 Å². The minimum absolute atomic E-state index is 0.0160. The van der Waals surface area contributed by atoms with Crippen LogP contribution in [0.5, 0.6) is 0 Å². The molecule has 0 aliphatic rings. The van der Waals surface area contributed by atoms with E-state index in [2.05, 4.69) is 15.2 Å². The monoisotopic (exact) mass is 299 g/mol. The number of alkyl carbamates (subject to hydrolysis) is 1. The highest BCUT2D eigenvalue weighted by Gasteiger charge is 2.26. The van der Waals surface area contributed by atoms with E-state index >= 15 is 0 Å². The van der Waals surface area contributed by atoms with Crippen molar-refractivity contribution >= 4 is 12.1 Å². The first-order valence-corrected chi connectivity index (χ1v) is 6.44. The number of amides is 1. The molecule has 8 nitrogen and oxygen atoms in total. The third kappa shape index (κ3) is 4.97. The van der Waals surface area contributed by atoms with Crippen LogP contribution in [-0.2, 0) is 27.7 Å². The lowest BCUT2D eigenvalue weighted by Gasteiger charge is -2.22. The number of aromatic nitrogens is 2. The predicted octanol–water partition coefficient (Wildman–Crippen LogP) is 0.322. The van der Waals surface area contributed by atoms with Crippen molar-refractivity contribution in [3.8, 4) is 0 Å². The summed E-state index contributed by atoms with van der Waals surface area (Å²) in [6.07, 6.45) is 0.752. The summed E-state index contributed by atoms with van der Waals surface area (Å²) in [5.41, 5.74) is -0.589. The normalized spacial score (nSPS) is 12.6. The Labute approximate surface area is 122 Å². The van der Waals surface area contributed by atoms with Crippen molar-refractivity contribution in [2.75, 3.05) is 7.11 Å². The molecule has 1 aromatic rings. The zero-order valence-corrected chi connectivity index (χ0v) is 12.9. The smallest absolute Gasteiger partial charge is 0.408 e. The summed E-state index contributed by atoms with van der Waals surface area (Å²) < 4.78 is 11.0. The summed E-state index contributed by atoms with van der Waals surface area (Å²) in [4.78, 5) is 35.2. The number of aromatic amines is 1. The van der Waals surface area contributed by atoms with Crippen molar-refractivity contribution in [1.29, 1.82) is 0 Å². The van der Waals surface area contributed by atoms with Crippen molar-refractivity contribution in [2.45, 2.75) is 38.8 Å². The van der Waals surface area contributed by atoms with Gasteiger partial charge in [0.2, 0.25) is 0 Å². The molecule has 0 aromatic carbocycles. The van der Waals surface area contributed by atoms with Crippen molar-refractivity contribution in [3.63, 3.8) is 0 Å². The van der Waals surface area contributed by atoms with Gasteiger partial charge in [-0.1, -0.05) is 0 Å². The summed E-state index contributed by atoms with van der Waals surface area (Å²) >= 11 is 0. The molecule has 21 heavy (non-hydrogen) atoms. The van der Waals surface area contributed by atoms with Crippen LogP contribution in [0.1, 0.15) is 26.3 Å². The van der Waals surface area contributed by atoms with Crippen molar-refractivity contribution in [1.82, 2.24) is 15.1 Å². The van der Waals surface area contributed by atoms with Gasteiger partial charge in [-0.05, 0) is 20.8 Å². The Morgan fingerprint density at radius 1 is 1.43 bits per heavy atom.